The van der Waals surface area contributed by atoms with Gasteiger partial charge in [0.15, 0.2) is 0 Å². The highest BCUT2D eigenvalue weighted by atomic mass is 32.2. The van der Waals surface area contributed by atoms with E-state index < -0.39 is 0 Å². The van der Waals surface area contributed by atoms with Gasteiger partial charge in [-0.3, -0.25) is 10.1 Å². The van der Waals surface area contributed by atoms with Gasteiger partial charge in [0.1, 0.15) is 0 Å². The van der Waals surface area contributed by atoms with Gasteiger partial charge in [-0.25, -0.2) is 0 Å². The van der Waals surface area contributed by atoms with Crippen LogP contribution in [0, 0.1) is 6.92 Å². The molecule has 5 heteroatoms. The molecular formula is C18H16N2O2S. The Kier molecular flexibility index (Phi) is 4.78. The Hall–Kier alpha value is -2.53. The standard InChI is InChI=1S/C18H16N2O2S/c1-13-7-9-14(10-8-13)16-11-19-22-18(16)20-17(21)12-23-15-5-3-2-4-6-15/h2-11H,12H2,1H3,(H,20,21). The van der Waals surface area contributed by atoms with Crippen molar-refractivity contribution >= 4 is 23.6 Å². The van der Waals surface area contributed by atoms with Gasteiger partial charge in [-0.2, -0.15) is 0 Å². The number of carbonyl (C=O) groups excluding carboxylic acids is 1. The average Bonchev–Trinajstić information content (AvgIpc) is 3.03. The third-order valence-electron chi connectivity index (χ3n) is 3.30. The van der Waals surface area contributed by atoms with Crippen LogP contribution in [0.25, 0.3) is 11.1 Å². The smallest absolute Gasteiger partial charge is 0.239 e. The lowest BCUT2D eigenvalue weighted by atomic mass is 10.1. The number of nitrogens with one attached hydrogen (secondary N) is 1. The molecule has 0 saturated carbocycles. The van der Waals surface area contributed by atoms with Gasteiger partial charge in [0.2, 0.25) is 11.8 Å². The first-order valence-electron chi connectivity index (χ1n) is 7.22. The van der Waals surface area contributed by atoms with Crippen LogP contribution >= 0.6 is 11.8 Å². The van der Waals surface area contributed by atoms with Crippen LogP contribution in [-0.4, -0.2) is 16.8 Å². The van der Waals surface area contributed by atoms with E-state index in [0.717, 1.165) is 16.0 Å². The van der Waals surface area contributed by atoms with Gasteiger partial charge < -0.3 is 4.52 Å². The summed E-state index contributed by atoms with van der Waals surface area (Å²) in [6, 6.07) is 17.8. The molecule has 0 aliphatic rings. The Labute approximate surface area is 138 Å². The molecule has 1 amide bonds. The highest BCUT2D eigenvalue weighted by Gasteiger charge is 2.13. The predicted molar refractivity (Wildman–Crippen MR) is 92.5 cm³/mol. The molecule has 23 heavy (non-hydrogen) atoms. The fourth-order valence-corrected chi connectivity index (χ4v) is 2.82. The molecule has 0 saturated heterocycles. The van der Waals surface area contributed by atoms with Crippen LogP contribution in [0.2, 0.25) is 0 Å². The number of hydrogen-bond acceptors (Lipinski definition) is 4. The van der Waals surface area contributed by atoms with Crippen molar-refractivity contribution in [2.45, 2.75) is 11.8 Å². The van der Waals surface area contributed by atoms with Crippen molar-refractivity contribution in [3.8, 4) is 11.1 Å². The molecule has 3 rings (SSSR count). The molecule has 0 aliphatic heterocycles. The maximum atomic E-state index is 12.1. The summed E-state index contributed by atoms with van der Waals surface area (Å²) in [5.74, 6) is 0.578. The van der Waals surface area contributed by atoms with Crippen molar-refractivity contribution in [3.05, 3.63) is 66.4 Å². The molecular weight excluding hydrogens is 308 g/mol. The van der Waals surface area contributed by atoms with Crippen molar-refractivity contribution in [2.24, 2.45) is 0 Å². The van der Waals surface area contributed by atoms with E-state index in [2.05, 4.69) is 10.5 Å². The number of nitrogens with zero attached hydrogens (tertiary/aromatic N) is 1. The maximum absolute atomic E-state index is 12.1. The van der Waals surface area contributed by atoms with Crippen molar-refractivity contribution < 1.29 is 9.32 Å². The van der Waals surface area contributed by atoms with E-state index in [1.165, 1.54) is 17.3 Å². The number of aryl methyl sites for hydroxylation is 1. The van der Waals surface area contributed by atoms with Crippen LogP contribution in [0.5, 0.6) is 0 Å². The summed E-state index contributed by atoms with van der Waals surface area (Å²) in [4.78, 5) is 13.2. The second kappa shape index (κ2) is 7.15. The van der Waals surface area contributed by atoms with Crippen molar-refractivity contribution in [1.82, 2.24) is 5.16 Å². The first-order chi connectivity index (χ1) is 11.2. The molecule has 116 valence electrons. The molecule has 0 unspecified atom stereocenters. The van der Waals surface area contributed by atoms with Crippen LogP contribution < -0.4 is 5.32 Å². The largest absolute Gasteiger partial charge is 0.338 e. The summed E-state index contributed by atoms with van der Waals surface area (Å²) in [7, 11) is 0. The number of benzene rings is 2. The SMILES string of the molecule is Cc1ccc(-c2cnoc2NC(=O)CSc2ccccc2)cc1. The number of carbonyl (C=O) groups is 1. The number of thioether (sulfide) groups is 1. The van der Waals surface area contributed by atoms with Crippen LogP contribution in [0.4, 0.5) is 5.88 Å². The fourth-order valence-electron chi connectivity index (χ4n) is 2.10. The first kappa shape index (κ1) is 15.4. The minimum absolute atomic E-state index is 0.121. The van der Waals surface area contributed by atoms with Crippen molar-refractivity contribution in [1.29, 1.82) is 0 Å². The Morgan fingerprint density at radius 1 is 1.13 bits per heavy atom. The Morgan fingerprint density at radius 2 is 1.87 bits per heavy atom. The van der Waals surface area contributed by atoms with Crippen LogP contribution in [0.1, 0.15) is 5.56 Å². The Morgan fingerprint density at radius 3 is 2.61 bits per heavy atom. The van der Waals surface area contributed by atoms with Crippen molar-refractivity contribution in [2.75, 3.05) is 11.1 Å². The molecule has 0 bridgehead atoms. The van der Waals surface area contributed by atoms with Crippen molar-refractivity contribution in [3.63, 3.8) is 0 Å². The molecule has 1 N–H and O–H groups in total. The van der Waals surface area contributed by atoms with Gasteiger partial charge >= 0.3 is 0 Å². The van der Waals surface area contributed by atoms with E-state index in [9.17, 15) is 4.79 Å². The molecule has 0 atom stereocenters. The number of hydrogen-bond donors (Lipinski definition) is 1. The monoisotopic (exact) mass is 324 g/mol. The van der Waals surface area contributed by atoms with Gasteiger partial charge in [0.25, 0.3) is 0 Å². The summed E-state index contributed by atoms with van der Waals surface area (Å²) < 4.78 is 5.18. The third-order valence-corrected chi connectivity index (χ3v) is 4.31. The number of anilines is 1. The maximum Gasteiger partial charge on any atom is 0.239 e. The molecule has 0 radical (unpaired) electrons. The van der Waals surface area contributed by atoms with Gasteiger partial charge in [0.05, 0.1) is 17.5 Å². The Bertz CT molecular complexity index is 782. The zero-order chi connectivity index (χ0) is 16.1. The second-order valence-corrected chi connectivity index (χ2v) is 6.13. The minimum Gasteiger partial charge on any atom is -0.338 e. The van der Waals surface area contributed by atoms with E-state index in [1.807, 2.05) is 61.5 Å². The van der Waals surface area contributed by atoms with Gasteiger partial charge in [-0.15, -0.1) is 11.8 Å². The summed E-state index contributed by atoms with van der Waals surface area (Å²) in [5, 5.41) is 6.58. The van der Waals surface area contributed by atoms with E-state index in [4.69, 9.17) is 4.52 Å². The van der Waals surface area contributed by atoms with Gasteiger partial charge in [0, 0.05) is 4.90 Å². The van der Waals surface area contributed by atoms with E-state index in [1.54, 1.807) is 6.20 Å². The zero-order valence-electron chi connectivity index (χ0n) is 12.7. The number of aromatic nitrogens is 1. The fraction of sp³-hybridized carbons (Fsp3) is 0.111. The number of rotatable bonds is 5. The summed E-state index contributed by atoms with van der Waals surface area (Å²) in [6.45, 7) is 2.03. The number of amides is 1. The third kappa shape index (κ3) is 4.02. The topological polar surface area (TPSA) is 55.1 Å². The van der Waals surface area contributed by atoms with E-state index in [0.29, 0.717) is 11.6 Å². The second-order valence-electron chi connectivity index (χ2n) is 5.08. The van der Waals surface area contributed by atoms with Crippen LogP contribution in [0.3, 0.4) is 0 Å². The first-order valence-corrected chi connectivity index (χ1v) is 8.20. The van der Waals surface area contributed by atoms with Gasteiger partial charge in [-0.1, -0.05) is 53.2 Å². The molecule has 1 heterocycles. The lowest BCUT2D eigenvalue weighted by Crippen LogP contribution is -2.14. The minimum atomic E-state index is -0.121. The molecule has 2 aromatic carbocycles. The highest BCUT2D eigenvalue weighted by Crippen LogP contribution is 2.28. The normalized spacial score (nSPS) is 10.5. The lowest BCUT2D eigenvalue weighted by Gasteiger charge is -2.05. The Balaban J connectivity index is 1.65. The molecule has 4 nitrogen and oxygen atoms in total. The predicted octanol–water partition coefficient (Wildman–Crippen LogP) is 4.38. The quantitative estimate of drug-likeness (QED) is 0.708. The molecule has 1 aromatic heterocycles. The highest BCUT2D eigenvalue weighted by molar-refractivity contribution is 8.00. The van der Waals surface area contributed by atoms with E-state index >= 15 is 0 Å². The van der Waals surface area contributed by atoms with Gasteiger partial charge in [-0.05, 0) is 24.6 Å². The average molecular weight is 324 g/mol. The molecule has 3 aromatic rings. The summed E-state index contributed by atoms with van der Waals surface area (Å²) >= 11 is 1.48. The molecule has 0 spiro atoms. The van der Waals surface area contributed by atoms with Crippen LogP contribution in [-0.2, 0) is 4.79 Å². The summed E-state index contributed by atoms with van der Waals surface area (Å²) in [6.07, 6.45) is 1.62. The van der Waals surface area contributed by atoms with Crippen LogP contribution in [0.15, 0.2) is 70.2 Å². The molecule has 0 aliphatic carbocycles. The zero-order valence-corrected chi connectivity index (χ0v) is 13.5. The lowest BCUT2D eigenvalue weighted by molar-refractivity contribution is -0.113. The van der Waals surface area contributed by atoms with E-state index in [-0.39, 0.29) is 5.91 Å². The molecule has 0 fully saturated rings. The summed E-state index contributed by atoms with van der Waals surface area (Å²) in [5.41, 5.74) is 2.92.